The summed E-state index contributed by atoms with van der Waals surface area (Å²) in [6.07, 6.45) is 7.20. The van der Waals surface area contributed by atoms with Crippen LogP contribution < -0.4 is 15.5 Å². The number of fused-ring (bicyclic) bond motifs is 5. The minimum atomic E-state index is -0.260. The molecule has 2 fully saturated rings. The summed E-state index contributed by atoms with van der Waals surface area (Å²) in [5.74, 6) is 1.51. The Bertz CT molecular complexity index is 1150. The second-order valence-electron chi connectivity index (χ2n) is 8.43. The molecule has 1 saturated carbocycles. The predicted octanol–water partition coefficient (Wildman–Crippen LogP) is 1.70. The molecule has 0 aromatic carbocycles. The standard InChI is InChI=1S/C21H23N7O2/c1-13-8-14-16-11-30-7-6-27(16)17-2-5-28-19(25-17)15(10-24-28)20(29)26-21(3-4-21)12-23-18(14)22-9-13/h2,5,8-10,16H,3-4,6-7,11-12H2,1H3,(H,22,23)(H,26,29)/t16-/m0/s1. The number of ether oxygens (including phenoxy) is 1. The Morgan fingerprint density at radius 2 is 2.20 bits per heavy atom. The maximum absolute atomic E-state index is 13.0. The molecular weight excluding hydrogens is 382 g/mol. The van der Waals surface area contributed by atoms with Gasteiger partial charge in [-0.25, -0.2) is 14.5 Å². The van der Waals surface area contributed by atoms with Crippen molar-refractivity contribution < 1.29 is 9.53 Å². The molecule has 1 spiro atoms. The zero-order chi connectivity index (χ0) is 20.3. The largest absolute Gasteiger partial charge is 0.377 e. The van der Waals surface area contributed by atoms with Crippen LogP contribution in [0.4, 0.5) is 11.6 Å². The number of nitrogens with zero attached hydrogens (tertiary/aromatic N) is 5. The first-order valence-corrected chi connectivity index (χ1v) is 10.3. The Labute approximate surface area is 173 Å². The molecule has 3 aromatic rings. The van der Waals surface area contributed by atoms with Gasteiger partial charge >= 0.3 is 0 Å². The van der Waals surface area contributed by atoms with Gasteiger partial charge in [0.15, 0.2) is 5.65 Å². The molecule has 0 radical (unpaired) electrons. The molecule has 9 heteroatoms. The Balaban J connectivity index is 1.54. The summed E-state index contributed by atoms with van der Waals surface area (Å²) < 4.78 is 7.52. The van der Waals surface area contributed by atoms with E-state index in [1.807, 2.05) is 25.4 Å². The van der Waals surface area contributed by atoms with Gasteiger partial charge in [0.1, 0.15) is 17.2 Å². The van der Waals surface area contributed by atoms with Crippen LogP contribution in [0.5, 0.6) is 0 Å². The van der Waals surface area contributed by atoms with E-state index in [0.29, 0.717) is 37.5 Å². The van der Waals surface area contributed by atoms with Crippen LogP contribution in [0.2, 0.25) is 0 Å². The number of pyridine rings is 1. The highest BCUT2D eigenvalue weighted by molar-refractivity contribution is 6.00. The minimum Gasteiger partial charge on any atom is -0.377 e. The first kappa shape index (κ1) is 17.6. The van der Waals surface area contributed by atoms with E-state index in [2.05, 4.69) is 31.7 Å². The first-order valence-electron chi connectivity index (χ1n) is 10.3. The zero-order valence-corrected chi connectivity index (χ0v) is 16.8. The van der Waals surface area contributed by atoms with Crippen LogP contribution in [0.15, 0.2) is 30.7 Å². The molecule has 1 aliphatic carbocycles. The average Bonchev–Trinajstić information content (AvgIpc) is 3.38. The summed E-state index contributed by atoms with van der Waals surface area (Å²) >= 11 is 0. The summed E-state index contributed by atoms with van der Waals surface area (Å²) in [7, 11) is 0. The Morgan fingerprint density at radius 1 is 1.30 bits per heavy atom. The third-order valence-electron chi connectivity index (χ3n) is 6.26. The summed E-state index contributed by atoms with van der Waals surface area (Å²) in [5.41, 5.74) is 3.00. The highest BCUT2D eigenvalue weighted by Gasteiger charge is 2.45. The fourth-order valence-electron chi connectivity index (χ4n) is 4.37. The van der Waals surface area contributed by atoms with Crippen molar-refractivity contribution in [1.82, 2.24) is 24.9 Å². The molecule has 9 nitrogen and oxygen atoms in total. The number of aryl methyl sites for hydroxylation is 1. The number of amides is 1. The maximum Gasteiger partial charge on any atom is 0.257 e. The topological polar surface area (TPSA) is 96.7 Å². The SMILES string of the molecule is Cc1cnc2c(c1)[C@@H]1COCCN1c1ccn3ncc(c3n1)C(=O)NC1(CC1)CN2. The lowest BCUT2D eigenvalue weighted by atomic mass is 10.0. The number of anilines is 2. The molecule has 30 heavy (non-hydrogen) atoms. The van der Waals surface area contributed by atoms with Crippen LogP contribution in [0.25, 0.3) is 5.65 Å². The fraction of sp³-hybridized carbons (Fsp3) is 0.429. The molecule has 2 bridgehead atoms. The molecular formula is C21H23N7O2. The van der Waals surface area contributed by atoms with Crippen LogP contribution in [0.3, 0.4) is 0 Å². The molecule has 154 valence electrons. The number of hydrogen-bond acceptors (Lipinski definition) is 7. The van der Waals surface area contributed by atoms with Crippen molar-refractivity contribution in [2.75, 3.05) is 36.5 Å². The first-order chi connectivity index (χ1) is 14.6. The van der Waals surface area contributed by atoms with Gasteiger partial charge in [-0.05, 0) is 37.5 Å². The average molecular weight is 405 g/mol. The van der Waals surface area contributed by atoms with Gasteiger partial charge in [0.2, 0.25) is 0 Å². The summed E-state index contributed by atoms with van der Waals surface area (Å²) in [6.45, 7) is 4.57. The lowest BCUT2D eigenvalue weighted by Crippen LogP contribution is -2.42. The minimum absolute atomic E-state index is 0.0189. The molecule has 1 saturated heterocycles. The van der Waals surface area contributed by atoms with Crippen LogP contribution in [-0.4, -0.2) is 57.3 Å². The van der Waals surface area contributed by atoms with Crippen LogP contribution >= 0.6 is 0 Å². The number of carbonyl (C=O) groups excluding carboxylic acids is 1. The summed E-state index contributed by atoms with van der Waals surface area (Å²) in [5, 5.41) is 11.0. The van der Waals surface area contributed by atoms with Crippen LogP contribution in [0, 0.1) is 6.92 Å². The van der Waals surface area contributed by atoms with E-state index in [0.717, 1.165) is 35.6 Å². The van der Waals surface area contributed by atoms with Gasteiger partial charge in [0, 0.05) is 31.0 Å². The summed E-state index contributed by atoms with van der Waals surface area (Å²) in [4.78, 5) is 24.8. The third kappa shape index (κ3) is 2.80. The van der Waals surface area contributed by atoms with Crippen molar-refractivity contribution in [2.45, 2.75) is 31.3 Å². The number of morpholine rings is 1. The van der Waals surface area contributed by atoms with Gasteiger partial charge in [-0.1, -0.05) is 0 Å². The molecule has 1 amide bonds. The van der Waals surface area contributed by atoms with Crippen molar-refractivity contribution in [3.63, 3.8) is 0 Å². The molecule has 3 aliphatic rings. The summed E-state index contributed by atoms with van der Waals surface area (Å²) in [6, 6.07) is 4.09. The van der Waals surface area contributed by atoms with Crippen molar-refractivity contribution in [1.29, 1.82) is 0 Å². The molecule has 0 unspecified atom stereocenters. The van der Waals surface area contributed by atoms with E-state index >= 15 is 0 Å². The molecule has 2 aliphatic heterocycles. The molecule has 1 atom stereocenters. The van der Waals surface area contributed by atoms with Crippen molar-refractivity contribution in [3.05, 3.63) is 47.4 Å². The van der Waals surface area contributed by atoms with Crippen LogP contribution in [0.1, 0.15) is 40.4 Å². The lowest BCUT2D eigenvalue weighted by Gasteiger charge is -2.37. The maximum atomic E-state index is 13.0. The third-order valence-corrected chi connectivity index (χ3v) is 6.26. The molecule has 5 heterocycles. The van der Waals surface area contributed by atoms with Gasteiger partial charge in [0.05, 0.1) is 31.0 Å². The second-order valence-corrected chi connectivity index (χ2v) is 8.43. The quantitative estimate of drug-likeness (QED) is 0.588. The highest BCUT2D eigenvalue weighted by Crippen LogP contribution is 2.38. The smallest absolute Gasteiger partial charge is 0.257 e. The fourth-order valence-corrected chi connectivity index (χ4v) is 4.37. The Hall–Kier alpha value is -3.20. The monoisotopic (exact) mass is 405 g/mol. The van der Waals surface area contributed by atoms with Gasteiger partial charge < -0.3 is 20.3 Å². The van der Waals surface area contributed by atoms with Crippen LogP contribution in [-0.2, 0) is 4.74 Å². The Morgan fingerprint density at radius 3 is 3.07 bits per heavy atom. The normalized spacial score (nSPS) is 22.4. The van der Waals surface area contributed by atoms with Gasteiger partial charge in [0.25, 0.3) is 5.91 Å². The lowest BCUT2D eigenvalue weighted by molar-refractivity contribution is 0.0934. The molecule has 2 N–H and O–H groups in total. The molecule has 3 aromatic heterocycles. The van der Waals surface area contributed by atoms with E-state index in [9.17, 15) is 4.79 Å². The molecule has 6 rings (SSSR count). The zero-order valence-electron chi connectivity index (χ0n) is 16.8. The number of aromatic nitrogens is 4. The predicted molar refractivity (Wildman–Crippen MR) is 111 cm³/mol. The van der Waals surface area contributed by atoms with Gasteiger partial charge in [-0.15, -0.1) is 0 Å². The van der Waals surface area contributed by atoms with E-state index < -0.39 is 0 Å². The van der Waals surface area contributed by atoms with Crippen molar-refractivity contribution in [3.8, 4) is 0 Å². The van der Waals surface area contributed by atoms with Gasteiger partial charge in [-0.3, -0.25) is 4.79 Å². The van der Waals surface area contributed by atoms with Gasteiger partial charge in [-0.2, -0.15) is 5.10 Å². The van der Waals surface area contributed by atoms with E-state index in [4.69, 9.17) is 9.72 Å². The number of hydrogen-bond donors (Lipinski definition) is 2. The van der Waals surface area contributed by atoms with E-state index in [1.165, 1.54) is 0 Å². The van der Waals surface area contributed by atoms with Crippen molar-refractivity contribution in [2.24, 2.45) is 0 Å². The number of carbonyl (C=O) groups is 1. The Kier molecular flexibility index (Phi) is 3.76. The highest BCUT2D eigenvalue weighted by atomic mass is 16.5. The van der Waals surface area contributed by atoms with Crippen molar-refractivity contribution >= 4 is 23.2 Å². The van der Waals surface area contributed by atoms with E-state index in [1.54, 1.807) is 10.7 Å². The van der Waals surface area contributed by atoms with E-state index in [-0.39, 0.29) is 17.5 Å². The number of rotatable bonds is 0. The second kappa shape index (κ2) is 6.40. The number of nitrogens with one attached hydrogen (secondary N) is 2.